The number of carboxylic acid groups (broad SMARTS) is 1. The quantitative estimate of drug-likeness (QED) is 0.533. The van der Waals surface area contributed by atoms with Crippen molar-refractivity contribution in [3.63, 3.8) is 0 Å². The van der Waals surface area contributed by atoms with Gasteiger partial charge in [0, 0.05) is 35.6 Å². The molecule has 1 heterocycles. The Labute approximate surface area is 166 Å². The van der Waals surface area contributed by atoms with E-state index < -0.39 is 5.97 Å². The van der Waals surface area contributed by atoms with Crippen LogP contribution >= 0.6 is 0 Å². The van der Waals surface area contributed by atoms with Crippen molar-refractivity contribution in [2.75, 3.05) is 0 Å². The van der Waals surface area contributed by atoms with Crippen molar-refractivity contribution in [3.8, 4) is 0 Å². The normalized spacial score (nSPS) is 20.5. The van der Waals surface area contributed by atoms with Crippen LogP contribution in [0.3, 0.4) is 0 Å². The third-order valence-corrected chi connectivity index (χ3v) is 6.09. The molecular weight excluding hydrogens is 348 g/mol. The van der Waals surface area contributed by atoms with Crippen molar-refractivity contribution in [2.45, 2.75) is 57.0 Å². The number of nitrogens with one attached hydrogen (secondary N) is 2. The van der Waals surface area contributed by atoms with Gasteiger partial charge in [0.15, 0.2) is 0 Å². The van der Waals surface area contributed by atoms with E-state index in [2.05, 4.69) is 65.8 Å². The Morgan fingerprint density at radius 1 is 1.18 bits per heavy atom. The average molecular weight is 377 g/mol. The number of H-pyrrole nitrogens is 1. The molecule has 1 aromatic heterocycles. The van der Waals surface area contributed by atoms with Gasteiger partial charge >= 0.3 is 5.97 Å². The number of carboxylic acids is 1. The summed E-state index contributed by atoms with van der Waals surface area (Å²) < 4.78 is 0. The number of aromatic nitrogens is 1. The third kappa shape index (κ3) is 4.12. The zero-order chi connectivity index (χ0) is 19.5. The molecular formula is C24H28N2O2. The Hall–Kier alpha value is -2.59. The van der Waals surface area contributed by atoms with Gasteiger partial charge < -0.3 is 15.4 Å². The first-order valence-electron chi connectivity index (χ1n) is 10.2. The Bertz CT molecular complexity index is 945. The molecule has 4 heteroatoms. The van der Waals surface area contributed by atoms with Gasteiger partial charge in [-0.3, -0.25) is 4.79 Å². The zero-order valence-corrected chi connectivity index (χ0v) is 16.3. The zero-order valence-electron chi connectivity index (χ0n) is 16.3. The number of fused-ring (bicyclic) bond motifs is 1. The van der Waals surface area contributed by atoms with Gasteiger partial charge in [0.1, 0.15) is 0 Å². The molecule has 0 amide bonds. The number of aliphatic carboxylic acids is 1. The van der Waals surface area contributed by atoms with E-state index in [0.717, 1.165) is 12.0 Å². The average Bonchev–Trinajstić information content (AvgIpc) is 3.35. The van der Waals surface area contributed by atoms with Crippen molar-refractivity contribution in [3.05, 3.63) is 71.4 Å². The molecule has 3 N–H and O–H groups in total. The molecule has 4 rings (SSSR count). The summed E-state index contributed by atoms with van der Waals surface area (Å²) in [5.41, 5.74) is 5.03. The lowest BCUT2D eigenvalue weighted by atomic mass is 9.95. The molecule has 28 heavy (non-hydrogen) atoms. The van der Waals surface area contributed by atoms with Gasteiger partial charge in [0.05, 0.1) is 0 Å². The number of carbonyl (C=O) groups is 1. The Morgan fingerprint density at radius 3 is 2.79 bits per heavy atom. The number of rotatable bonds is 7. The summed E-state index contributed by atoms with van der Waals surface area (Å²) in [6.45, 7) is 2.26. The summed E-state index contributed by atoms with van der Waals surface area (Å²) in [6, 6.07) is 18.0. The first-order chi connectivity index (χ1) is 13.6. The fraction of sp³-hybridized carbons (Fsp3) is 0.375. The van der Waals surface area contributed by atoms with Crippen LogP contribution in [0.5, 0.6) is 0 Å². The summed E-state index contributed by atoms with van der Waals surface area (Å²) in [6.07, 6.45) is 6.36. The van der Waals surface area contributed by atoms with Crippen LogP contribution in [-0.2, 0) is 11.2 Å². The standard InChI is InChI=1S/C24H28N2O2/c1-16(21-3-2-4-23-22(21)13-14-25-23)26-20-11-10-19(15-20)18-8-5-17(6-9-18)7-12-24(27)28/h2-6,8-9,13-14,16,19-20,25-26H,7,10-12,15H2,1H3,(H,27,28)/t16?,19-,20?/m0/s1. The second kappa shape index (κ2) is 8.19. The molecule has 146 valence electrons. The summed E-state index contributed by atoms with van der Waals surface area (Å²) in [5, 5.41) is 14.0. The van der Waals surface area contributed by atoms with Crippen LogP contribution in [0, 0.1) is 0 Å². The van der Waals surface area contributed by atoms with Gasteiger partial charge in [0.25, 0.3) is 0 Å². The van der Waals surface area contributed by atoms with Crippen LogP contribution < -0.4 is 5.32 Å². The molecule has 3 atom stereocenters. The lowest BCUT2D eigenvalue weighted by Crippen LogP contribution is -2.29. The van der Waals surface area contributed by atoms with Crippen LogP contribution in [0.2, 0.25) is 0 Å². The van der Waals surface area contributed by atoms with Gasteiger partial charge in [-0.1, -0.05) is 36.4 Å². The van der Waals surface area contributed by atoms with E-state index in [-0.39, 0.29) is 6.42 Å². The molecule has 1 saturated carbocycles. The van der Waals surface area contributed by atoms with Crippen molar-refractivity contribution >= 4 is 16.9 Å². The van der Waals surface area contributed by atoms with Gasteiger partial charge in [-0.15, -0.1) is 0 Å². The highest BCUT2D eigenvalue weighted by Gasteiger charge is 2.27. The Kier molecular flexibility index (Phi) is 5.49. The molecule has 0 saturated heterocycles. The molecule has 0 spiro atoms. The molecule has 2 unspecified atom stereocenters. The van der Waals surface area contributed by atoms with Crippen LogP contribution in [-0.4, -0.2) is 22.1 Å². The molecule has 0 radical (unpaired) electrons. The van der Waals surface area contributed by atoms with Gasteiger partial charge in [-0.05, 0) is 67.3 Å². The van der Waals surface area contributed by atoms with Crippen molar-refractivity contribution in [2.24, 2.45) is 0 Å². The number of aromatic amines is 1. The number of aryl methyl sites for hydroxylation is 1. The van der Waals surface area contributed by atoms with Crippen LogP contribution in [0.25, 0.3) is 10.9 Å². The number of hydrogen-bond donors (Lipinski definition) is 3. The monoisotopic (exact) mass is 376 g/mol. The fourth-order valence-corrected chi connectivity index (χ4v) is 4.57. The van der Waals surface area contributed by atoms with Crippen molar-refractivity contribution < 1.29 is 9.90 Å². The summed E-state index contributed by atoms with van der Waals surface area (Å²) in [4.78, 5) is 14.0. The summed E-state index contributed by atoms with van der Waals surface area (Å²) in [5.74, 6) is -0.153. The van der Waals surface area contributed by atoms with Gasteiger partial charge in [-0.25, -0.2) is 0 Å². The maximum Gasteiger partial charge on any atom is 0.303 e. The van der Waals surface area contributed by atoms with Crippen molar-refractivity contribution in [1.82, 2.24) is 10.3 Å². The number of benzene rings is 2. The lowest BCUT2D eigenvalue weighted by molar-refractivity contribution is -0.136. The van der Waals surface area contributed by atoms with E-state index in [1.54, 1.807) is 0 Å². The molecule has 1 aliphatic rings. The summed E-state index contributed by atoms with van der Waals surface area (Å²) in [7, 11) is 0. The highest BCUT2D eigenvalue weighted by atomic mass is 16.4. The highest BCUT2D eigenvalue weighted by Crippen LogP contribution is 2.36. The van der Waals surface area contributed by atoms with Crippen LogP contribution in [0.15, 0.2) is 54.7 Å². The molecule has 1 fully saturated rings. The maximum atomic E-state index is 10.7. The molecule has 1 aliphatic carbocycles. The van der Waals surface area contributed by atoms with Gasteiger partial charge in [0.2, 0.25) is 0 Å². The fourth-order valence-electron chi connectivity index (χ4n) is 4.57. The predicted molar refractivity (Wildman–Crippen MR) is 113 cm³/mol. The smallest absolute Gasteiger partial charge is 0.303 e. The summed E-state index contributed by atoms with van der Waals surface area (Å²) >= 11 is 0. The predicted octanol–water partition coefficient (Wildman–Crippen LogP) is 5.17. The van der Waals surface area contributed by atoms with E-state index in [9.17, 15) is 4.79 Å². The third-order valence-electron chi connectivity index (χ3n) is 6.09. The van der Waals surface area contributed by atoms with E-state index in [4.69, 9.17) is 5.11 Å². The largest absolute Gasteiger partial charge is 0.481 e. The highest BCUT2D eigenvalue weighted by molar-refractivity contribution is 5.83. The van der Waals surface area contributed by atoms with Crippen LogP contribution in [0.4, 0.5) is 0 Å². The topological polar surface area (TPSA) is 65.1 Å². The van der Waals surface area contributed by atoms with E-state index >= 15 is 0 Å². The maximum absolute atomic E-state index is 10.7. The molecule has 3 aromatic rings. The second-order valence-electron chi connectivity index (χ2n) is 8.02. The minimum atomic E-state index is -0.738. The molecule has 0 bridgehead atoms. The second-order valence-corrected chi connectivity index (χ2v) is 8.02. The minimum absolute atomic E-state index is 0.195. The van der Waals surface area contributed by atoms with E-state index in [1.165, 1.54) is 34.9 Å². The van der Waals surface area contributed by atoms with Gasteiger partial charge in [-0.2, -0.15) is 0 Å². The lowest BCUT2D eigenvalue weighted by Gasteiger charge is -2.21. The first kappa shape index (κ1) is 18.8. The molecule has 2 aromatic carbocycles. The number of hydrogen-bond acceptors (Lipinski definition) is 2. The first-order valence-corrected chi connectivity index (χ1v) is 10.2. The van der Waals surface area contributed by atoms with E-state index in [1.807, 2.05) is 6.20 Å². The Balaban J connectivity index is 1.36. The van der Waals surface area contributed by atoms with Crippen LogP contribution in [0.1, 0.15) is 61.3 Å². The minimum Gasteiger partial charge on any atom is -0.481 e. The van der Waals surface area contributed by atoms with E-state index in [0.29, 0.717) is 24.4 Å². The SMILES string of the molecule is CC(NC1CC[C@H](c2ccc(CCC(=O)O)cc2)C1)c1cccc2[nH]ccc12. The molecule has 0 aliphatic heterocycles. The van der Waals surface area contributed by atoms with Crippen molar-refractivity contribution in [1.29, 1.82) is 0 Å². The Morgan fingerprint density at radius 2 is 2.00 bits per heavy atom. The molecule has 4 nitrogen and oxygen atoms in total.